The molecule has 0 aliphatic carbocycles. The molecule has 1 aromatic carbocycles. The number of sulfonamides is 1. The zero-order valence-electron chi connectivity index (χ0n) is 10.8. The highest BCUT2D eigenvalue weighted by atomic mass is 32.2. The molecule has 7 nitrogen and oxygen atoms in total. The summed E-state index contributed by atoms with van der Waals surface area (Å²) in [5.41, 5.74) is 1.27. The molecule has 2 rings (SSSR count). The average molecular weight is 294 g/mol. The molecule has 2 aromatic rings. The molecule has 8 heteroatoms. The Kier molecular flexibility index (Phi) is 4.16. The standard InChI is InChI=1S/C12H14N4O3S/c1-13-12(17)10-4-2-9(3-5-10)6-16-20(18,19)11-7-14-8-15-11/h2-5,7-8,16H,6H2,1H3,(H,13,17)(H,14,15). The van der Waals surface area contributed by atoms with E-state index >= 15 is 0 Å². The molecular formula is C12H14N4O3S. The number of aromatic nitrogens is 2. The fraction of sp³-hybridized carbons (Fsp3) is 0.167. The van der Waals surface area contributed by atoms with E-state index in [1.165, 1.54) is 12.5 Å². The summed E-state index contributed by atoms with van der Waals surface area (Å²) in [7, 11) is -2.04. The predicted octanol–water partition coefficient (Wildman–Crippen LogP) is 0.248. The van der Waals surface area contributed by atoms with Crippen molar-refractivity contribution in [3.05, 3.63) is 47.9 Å². The van der Waals surface area contributed by atoms with Crippen LogP contribution in [0.25, 0.3) is 0 Å². The molecule has 0 fully saturated rings. The molecule has 0 aliphatic rings. The van der Waals surface area contributed by atoms with Crippen LogP contribution in [0.1, 0.15) is 15.9 Å². The first-order chi connectivity index (χ1) is 9.53. The largest absolute Gasteiger partial charge is 0.355 e. The van der Waals surface area contributed by atoms with Gasteiger partial charge in [0, 0.05) is 19.2 Å². The number of H-pyrrole nitrogens is 1. The Morgan fingerprint density at radius 3 is 2.55 bits per heavy atom. The monoisotopic (exact) mass is 294 g/mol. The van der Waals surface area contributed by atoms with Gasteiger partial charge in [0.15, 0.2) is 5.03 Å². The van der Waals surface area contributed by atoms with Gasteiger partial charge in [0.1, 0.15) is 0 Å². The highest BCUT2D eigenvalue weighted by molar-refractivity contribution is 7.89. The number of rotatable bonds is 5. The van der Waals surface area contributed by atoms with Crippen molar-refractivity contribution in [1.29, 1.82) is 0 Å². The van der Waals surface area contributed by atoms with Crippen molar-refractivity contribution in [2.24, 2.45) is 0 Å². The maximum absolute atomic E-state index is 11.8. The Labute approximate surface area is 116 Å². The van der Waals surface area contributed by atoms with E-state index in [1.807, 2.05) is 0 Å². The lowest BCUT2D eigenvalue weighted by atomic mass is 10.1. The van der Waals surface area contributed by atoms with Gasteiger partial charge in [-0.25, -0.2) is 18.1 Å². The minimum absolute atomic E-state index is 0.0134. The first-order valence-electron chi connectivity index (χ1n) is 5.82. The minimum atomic E-state index is -3.59. The van der Waals surface area contributed by atoms with E-state index in [0.29, 0.717) is 5.56 Å². The summed E-state index contributed by atoms with van der Waals surface area (Å²) < 4.78 is 26.1. The molecule has 0 bridgehead atoms. The van der Waals surface area contributed by atoms with Crippen LogP contribution in [0.5, 0.6) is 0 Å². The maximum Gasteiger partial charge on any atom is 0.257 e. The summed E-state index contributed by atoms with van der Waals surface area (Å²) in [5.74, 6) is -0.186. The van der Waals surface area contributed by atoms with Crippen molar-refractivity contribution in [3.8, 4) is 0 Å². The van der Waals surface area contributed by atoms with Crippen LogP contribution in [-0.2, 0) is 16.6 Å². The van der Waals surface area contributed by atoms with Gasteiger partial charge in [0.25, 0.3) is 15.9 Å². The van der Waals surface area contributed by atoms with Crippen LogP contribution in [0.15, 0.2) is 41.8 Å². The third kappa shape index (κ3) is 3.22. The molecular weight excluding hydrogens is 280 g/mol. The Bertz CT molecular complexity index is 678. The molecule has 1 heterocycles. The van der Waals surface area contributed by atoms with Gasteiger partial charge < -0.3 is 10.3 Å². The second kappa shape index (κ2) is 5.85. The quantitative estimate of drug-likeness (QED) is 0.735. The number of benzene rings is 1. The highest BCUT2D eigenvalue weighted by Crippen LogP contribution is 2.07. The lowest BCUT2D eigenvalue weighted by Crippen LogP contribution is -2.23. The molecule has 0 saturated carbocycles. The molecule has 20 heavy (non-hydrogen) atoms. The van der Waals surface area contributed by atoms with Crippen LogP contribution >= 0.6 is 0 Å². The number of nitrogens with zero attached hydrogens (tertiary/aromatic N) is 1. The van der Waals surface area contributed by atoms with E-state index in [2.05, 4.69) is 20.0 Å². The number of imidazole rings is 1. The van der Waals surface area contributed by atoms with Gasteiger partial charge in [-0.3, -0.25) is 4.79 Å². The SMILES string of the molecule is CNC(=O)c1ccc(CNS(=O)(=O)c2cnc[nH]2)cc1. The number of carbonyl (C=O) groups is 1. The molecule has 3 N–H and O–H groups in total. The Morgan fingerprint density at radius 1 is 1.30 bits per heavy atom. The van der Waals surface area contributed by atoms with Gasteiger partial charge in [0.2, 0.25) is 0 Å². The molecule has 1 amide bonds. The maximum atomic E-state index is 11.8. The molecule has 0 radical (unpaired) electrons. The second-order valence-corrected chi connectivity index (χ2v) is 5.75. The van der Waals surface area contributed by atoms with Crippen LogP contribution < -0.4 is 10.0 Å². The zero-order valence-corrected chi connectivity index (χ0v) is 11.6. The fourth-order valence-corrected chi connectivity index (χ4v) is 2.48. The van der Waals surface area contributed by atoms with Crippen molar-refractivity contribution in [3.63, 3.8) is 0 Å². The van der Waals surface area contributed by atoms with Crippen molar-refractivity contribution in [1.82, 2.24) is 20.0 Å². The molecule has 106 valence electrons. The number of hydrogen-bond donors (Lipinski definition) is 3. The number of amides is 1. The smallest absolute Gasteiger partial charge is 0.257 e. The van der Waals surface area contributed by atoms with Crippen LogP contribution in [0.2, 0.25) is 0 Å². The van der Waals surface area contributed by atoms with E-state index in [0.717, 1.165) is 5.56 Å². The summed E-state index contributed by atoms with van der Waals surface area (Å²) in [6.07, 6.45) is 2.53. The van der Waals surface area contributed by atoms with Crippen molar-refractivity contribution in [2.75, 3.05) is 7.05 Å². The predicted molar refractivity (Wildman–Crippen MR) is 72.4 cm³/mol. The highest BCUT2D eigenvalue weighted by Gasteiger charge is 2.14. The third-order valence-electron chi connectivity index (χ3n) is 2.67. The topological polar surface area (TPSA) is 104 Å². The first kappa shape index (κ1) is 14.2. The number of carbonyl (C=O) groups excluding carboxylic acids is 1. The van der Waals surface area contributed by atoms with Crippen molar-refractivity contribution < 1.29 is 13.2 Å². The van der Waals surface area contributed by atoms with Crippen LogP contribution in [0.4, 0.5) is 0 Å². The molecule has 0 spiro atoms. The van der Waals surface area contributed by atoms with Gasteiger partial charge >= 0.3 is 0 Å². The molecule has 0 aliphatic heterocycles. The molecule has 0 saturated heterocycles. The number of aromatic amines is 1. The van der Waals surface area contributed by atoms with E-state index in [9.17, 15) is 13.2 Å². The Morgan fingerprint density at radius 2 is 2.00 bits per heavy atom. The Balaban J connectivity index is 2.03. The van der Waals surface area contributed by atoms with Gasteiger partial charge in [-0.1, -0.05) is 12.1 Å². The van der Waals surface area contributed by atoms with E-state index in [4.69, 9.17) is 0 Å². The Hall–Kier alpha value is -2.19. The molecule has 0 unspecified atom stereocenters. The lowest BCUT2D eigenvalue weighted by molar-refractivity contribution is 0.0963. The van der Waals surface area contributed by atoms with E-state index in [1.54, 1.807) is 31.3 Å². The third-order valence-corrected chi connectivity index (χ3v) is 4.00. The summed E-state index contributed by atoms with van der Waals surface area (Å²) in [4.78, 5) is 17.6. The second-order valence-electron chi connectivity index (χ2n) is 4.02. The van der Waals surface area contributed by atoms with Crippen molar-refractivity contribution in [2.45, 2.75) is 11.6 Å². The van der Waals surface area contributed by atoms with Gasteiger partial charge in [-0.2, -0.15) is 0 Å². The van der Waals surface area contributed by atoms with Crippen LogP contribution in [-0.4, -0.2) is 31.3 Å². The lowest BCUT2D eigenvalue weighted by Gasteiger charge is -2.06. The summed E-state index contributed by atoms with van der Waals surface area (Å²) in [6, 6.07) is 6.66. The van der Waals surface area contributed by atoms with Crippen molar-refractivity contribution >= 4 is 15.9 Å². The minimum Gasteiger partial charge on any atom is -0.355 e. The van der Waals surface area contributed by atoms with Gasteiger partial charge in [-0.15, -0.1) is 0 Å². The summed E-state index contributed by atoms with van der Waals surface area (Å²) in [6.45, 7) is 0.134. The zero-order chi connectivity index (χ0) is 14.6. The van der Waals surface area contributed by atoms with Gasteiger partial charge in [-0.05, 0) is 17.7 Å². The number of hydrogen-bond acceptors (Lipinski definition) is 4. The summed E-state index contributed by atoms with van der Waals surface area (Å²) >= 11 is 0. The fourth-order valence-electron chi connectivity index (χ4n) is 1.56. The molecule has 1 aromatic heterocycles. The van der Waals surface area contributed by atoms with Crippen LogP contribution in [0, 0.1) is 0 Å². The summed E-state index contributed by atoms with van der Waals surface area (Å²) in [5, 5.41) is 2.53. The molecule has 0 atom stereocenters. The van der Waals surface area contributed by atoms with Crippen LogP contribution in [0.3, 0.4) is 0 Å². The van der Waals surface area contributed by atoms with E-state index in [-0.39, 0.29) is 17.5 Å². The first-order valence-corrected chi connectivity index (χ1v) is 7.30. The van der Waals surface area contributed by atoms with E-state index < -0.39 is 10.0 Å². The number of nitrogens with one attached hydrogen (secondary N) is 3. The average Bonchev–Trinajstić information content (AvgIpc) is 3.00. The van der Waals surface area contributed by atoms with Gasteiger partial charge in [0.05, 0.1) is 12.5 Å². The normalized spacial score (nSPS) is 11.2.